The van der Waals surface area contributed by atoms with Gasteiger partial charge in [0, 0.05) is 17.8 Å². The lowest BCUT2D eigenvalue weighted by Gasteiger charge is -2.13. The van der Waals surface area contributed by atoms with Crippen molar-refractivity contribution in [2.24, 2.45) is 0 Å². The predicted octanol–water partition coefficient (Wildman–Crippen LogP) is 5.67. The monoisotopic (exact) mass is 498 g/mol. The lowest BCUT2D eigenvalue weighted by molar-refractivity contribution is 0.0168. The summed E-state index contributed by atoms with van der Waals surface area (Å²) in [5.41, 5.74) is 2.34. The second-order valence-corrected chi connectivity index (χ2v) is 7.18. The third kappa shape index (κ3) is 4.34. The Morgan fingerprint density at radius 1 is 0.931 bits per heavy atom. The summed E-state index contributed by atoms with van der Waals surface area (Å²) < 4.78 is 4.84. The topological polar surface area (TPSA) is 70.6 Å². The molecule has 1 atom stereocenters. The van der Waals surface area contributed by atoms with Crippen molar-refractivity contribution in [1.82, 2.24) is 5.32 Å². The molecule has 146 valence electrons. The van der Waals surface area contributed by atoms with Crippen LogP contribution in [0.1, 0.15) is 17.4 Å². The Labute approximate surface area is 182 Å². The van der Waals surface area contributed by atoms with E-state index in [4.69, 9.17) is 3.07 Å². The van der Waals surface area contributed by atoms with Crippen molar-refractivity contribution in [1.29, 1.82) is 0 Å². The van der Waals surface area contributed by atoms with Crippen molar-refractivity contribution >= 4 is 56.3 Å². The maximum atomic E-state index is 12.4. The average Bonchev–Trinajstić information content (AvgIpc) is 2.76. The zero-order chi connectivity index (χ0) is 20.2. The molecule has 0 aliphatic rings. The van der Waals surface area contributed by atoms with Crippen LogP contribution in [0, 0.1) is 0 Å². The Kier molecular flexibility index (Phi) is 5.94. The zero-order valence-corrected chi connectivity index (χ0v) is 17.6. The van der Waals surface area contributed by atoms with Gasteiger partial charge in [0.15, 0.2) is 6.29 Å². The van der Waals surface area contributed by atoms with Gasteiger partial charge in [-0.3, -0.25) is 3.07 Å². The molecule has 1 unspecified atom stereocenters. The number of carbonyl (C=O) groups is 1. The smallest absolute Gasteiger partial charge is 0.319 e. The Morgan fingerprint density at radius 3 is 2.10 bits per heavy atom. The standard InChI is InChI=1S/C23H19IN2O3/c24-29-22(27)15-9-11-18(12-10-15)26-23(28)25-14-21-19-7-3-1-5-16(19)13-17-6-2-4-8-20(17)21/h1-13,22,27H,14H2,(H2,25,26,28). The molecule has 3 N–H and O–H groups in total. The number of hydrogen-bond donors (Lipinski definition) is 3. The number of rotatable bonds is 5. The average molecular weight is 498 g/mol. The van der Waals surface area contributed by atoms with Gasteiger partial charge >= 0.3 is 6.03 Å². The van der Waals surface area contributed by atoms with Crippen molar-refractivity contribution in [3.8, 4) is 0 Å². The van der Waals surface area contributed by atoms with Crippen LogP contribution in [-0.2, 0) is 9.61 Å². The molecular weight excluding hydrogens is 479 g/mol. The molecule has 4 aromatic rings. The fourth-order valence-corrected chi connectivity index (χ4v) is 3.72. The predicted molar refractivity (Wildman–Crippen MR) is 124 cm³/mol. The number of urea groups is 1. The van der Waals surface area contributed by atoms with Crippen LogP contribution in [-0.4, -0.2) is 11.1 Å². The number of carbonyl (C=O) groups excluding carboxylic acids is 1. The van der Waals surface area contributed by atoms with Crippen LogP contribution in [0.5, 0.6) is 0 Å². The van der Waals surface area contributed by atoms with Gasteiger partial charge in [0.2, 0.25) is 0 Å². The molecule has 4 aromatic carbocycles. The summed E-state index contributed by atoms with van der Waals surface area (Å²) in [6.07, 6.45) is -0.988. The van der Waals surface area contributed by atoms with E-state index >= 15 is 0 Å². The van der Waals surface area contributed by atoms with E-state index in [1.54, 1.807) is 47.3 Å². The van der Waals surface area contributed by atoms with Crippen LogP contribution in [0.3, 0.4) is 0 Å². The van der Waals surface area contributed by atoms with Crippen molar-refractivity contribution in [2.45, 2.75) is 12.8 Å². The summed E-state index contributed by atoms with van der Waals surface area (Å²) in [5, 5.41) is 20.0. The van der Waals surface area contributed by atoms with Gasteiger partial charge in [0.25, 0.3) is 0 Å². The molecule has 0 heterocycles. The molecule has 0 spiro atoms. The molecule has 29 heavy (non-hydrogen) atoms. The highest BCUT2D eigenvalue weighted by atomic mass is 127. The molecule has 0 saturated heterocycles. The van der Waals surface area contributed by atoms with Gasteiger partial charge in [-0.25, -0.2) is 4.79 Å². The molecule has 0 fully saturated rings. The van der Waals surface area contributed by atoms with Gasteiger partial charge in [-0.05, 0) is 45.3 Å². The first-order chi connectivity index (χ1) is 14.2. The largest absolute Gasteiger partial charge is 0.364 e. The zero-order valence-electron chi connectivity index (χ0n) is 15.4. The molecule has 2 amide bonds. The lowest BCUT2D eigenvalue weighted by Crippen LogP contribution is -2.28. The van der Waals surface area contributed by atoms with E-state index in [0.29, 0.717) is 17.8 Å². The summed E-state index contributed by atoms with van der Waals surface area (Å²) >= 11 is 1.64. The maximum Gasteiger partial charge on any atom is 0.319 e. The first kappa shape index (κ1) is 19.6. The number of nitrogens with one attached hydrogen (secondary N) is 2. The van der Waals surface area contributed by atoms with Gasteiger partial charge in [0.05, 0.1) is 0 Å². The lowest BCUT2D eigenvalue weighted by atomic mass is 9.97. The molecule has 0 aliphatic carbocycles. The number of fused-ring (bicyclic) bond motifs is 2. The summed E-state index contributed by atoms with van der Waals surface area (Å²) in [7, 11) is 0. The van der Waals surface area contributed by atoms with Crippen molar-refractivity contribution < 1.29 is 13.0 Å². The van der Waals surface area contributed by atoms with E-state index in [9.17, 15) is 9.90 Å². The summed E-state index contributed by atoms with van der Waals surface area (Å²) in [4.78, 5) is 12.4. The highest BCUT2D eigenvalue weighted by molar-refractivity contribution is 14.1. The fourth-order valence-electron chi connectivity index (χ4n) is 3.42. The first-order valence-electron chi connectivity index (χ1n) is 9.15. The molecule has 0 saturated carbocycles. The normalized spacial score (nSPS) is 12.1. The highest BCUT2D eigenvalue weighted by Crippen LogP contribution is 2.28. The minimum atomic E-state index is -0.988. The van der Waals surface area contributed by atoms with Crippen LogP contribution in [0.15, 0.2) is 78.9 Å². The Bertz CT molecular complexity index is 1110. The molecule has 0 bridgehead atoms. The number of aliphatic hydroxyl groups is 1. The number of benzene rings is 4. The number of hydrogen-bond acceptors (Lipinski definition) is 3. The van der Waals surface area contributed by atoms with Crippen LogP contribution >= 0.6 is 23.0 Å². The van der Waals surface area contributed by atoms with Crippen LogP contribution < -0.4 is 10.6 Å². The van der Waals surface area contributed by atoms with Gasteiger partial charge < -0.3 is 15.7 Å². The van der Waals surface area contributed by atoms with Crippen LogP contribution in [0.4, 0.5) is 10.5 Å². The van der Waals surface area contributed by atoms with Gasteiger partial charge in [0.1, 0.15) is 23.0 Å². The first-order valence-corrected chi connectivity index (χ1v) is 10.0. The molecule has 5 nitrogen and oxygen atoms in total. The third-order valence-corrected chi connectivity index (χ3v) is 5.33. The van der Waals surface area contributed by atoms with Crippen LogP contribution in [0.25, 0.3) is 21.5 Å². The number of amides is 2. The second-order valence-electron chi connectivity index (χ2n) is 6.67. The van der Waals surface area contributed by atoms with E-state index in [0.717, 1.165) is 27.1 Å². The fraction of sp³-hybridized carbons (Fsp3) is 0.0870. The van der Waals surface area contributed by atoms with Crippen molar-refractivity contribution in [2.75, 3.05) is 5.32 Å². The van der Waals surface area contributed by atoms with E-state index in [1.807, 2.05) is 24.3 Å². The SMILES string of the molecule is O=C(NCc1c2ccccc2cc2ccccc12)Nc1ccc(C(O)OI)cc1. The minimum Gasteiger partial charge on any atom is -0.364 e. The van der Waals surface area contributed by atoms with E-state index in [1.165, 1.54) is 0 Å². The van der Waals surface area contributed by atoms with E-state index in [-0.39, 0.29) is 6.03 Å². The number of halogens is 1. The summed E-state index contributed by atoms with van der Waals surface area (Å²) in [6, 6.07) is 25.1. The Balaban J connectivity index is 1.52. The molecule has 4 rings (SSSR count). The minimum absolute atomic E-state index is 0.291. The van der Waals surface area contributed by atoms with Crippen LogP contribution in [0.2, 0.25) is 0 Å². The number of aliphatic hydroxyl groups excluding tert-OH is 1. The summed E-state index contributed by atoms with van der Waals surface area (Å²) in [5.74, 6) is 0. The van der Waals surface area contributed by atoms with Crippen molar-refractivity contribution in [3.05, 3.63) is 90.0 Å². The Hall–Kier alpha value is -2.68. The van der Waals surface area contributed by atoms with Gasteiger partial charge in [-0.1, -0.05) is 60.7 Å². The third-order valence-electron chi connectivity index (χ3n) is 4.85. The van der Waals surface area contributed by atoms with Gasteiger partial charge in [-0.2, -0.15) is 0 Å². The molecule has 0 radical (unpaired) electrons. The molecule has 0 aromatic heterocycles. The second kappa shape index (κ2) is 8.77. The summed E-state index contributed by atoms with van der Waals surface area (Å²) in [6.45, 7) is 0.410. The number of anilines is 1. The molecule has 0 aliphatic heterocycles. The molecular formula is C23H19IN2O3. The maximum absolute atomic E-state index is 12.4. The van der Waals surface area contributed by atoms with E-state index in [2.05, 4.69) is 41.0 Å². The van der Waals surface area contributed by atoms with Crippen molar-refractivity contribution in [3.63, 3.8) is 0 Å². The van der Waals surface area contributed by atoms with Gasteiger partial charge in [-0.15, -0.1) is 0 Å². The van der Waals surface area contributed by atoms with E-state index < -0.39 is 6.29 Å². The highest BCUT2D eigenvalue weighted by Gasteiger charge is 2.10. The quantitative estimate of drug-likeness (QED) is 0.189. The Morgan fingerprint density at radius 2 is 1.52 bits per heavy atom. The molecule has 6 heteroatoms.